The zero-order valence-corrected chi connectivity index (χ0v) is 19.4. The Balaban J connectivity index is 1.17. The number of quaternary nitrogens is 1. The Hall–Kier alpha value is -0.530. The average Bonchev–Trinajstić information content (AvgIpc) is 2.69. The maximum atomic E-state index is 6.26. The summed E-state index contributed by atoms with van der Waals surface area (Å²) < 4.78 is 0. The van der Waals surface area contributed by atoms with Gasteiger partial charge in [-0.2, -0.15) is 0 Å². The van der Waals surface area contributed by atoms with E-state index in [1.54, 1.807) is 37.7 Å². The first-order valence-electron chi connectivity index (χ1n) is 13.1. The van der Waals surface area contributed by atoms with Crippen LogP contribution in [0.2, 0.25) is 5.02 Å². The first-order chi connectivity index (χ1) is 14.5. The van der Waals surface area contributed by atoms with Crippen LogP contribution in [0.5, 0.6) is 0 Å². The fourth-order valence-electron chi connectivity index (χ4n) is 10.8. The molecular formula is C28H39ClN+. The zero-order chi connectivity index (χ0) is 20.1. The minimum absolute atomic E-state index is 0.445. The Morgan fingerprint density at radius 3 is 1.97 bits per heavy atom. The third kappa shape index (κ3) is 2.76. The highest BCUT2D eigenvalue weighted by Crippen LogP contribution is 2.66. The molecule has 9 rings (SSSR count). The first-order valence-corrected chi connectivity index (χ1v) is 13.5. The Morgan fingerprint density at radius 2 is 1.37 bits per heavy atom. The number of hydrogen-bond donors (Lipinski definition) is 1. The summed E-state index contributed by atoms with van der Waals surface area (Å²) in [6.07, 6.45) is 16.7. The second-order valence-corrected chi connectivity index (χ2v) is 13.5. The fourth-order valence-corrected chi connectivity index (χ4v) is 11.0. The quantitative estimate of drug-likeness (QED) is 0.614. The van der Waals surface area contributed by atoms with Crippen molar-refractivity contribution in [2.75, 3.05) is 0 Å². The second kappa shape index (κ2) is 6.50. The predicted octanol–water partition coefficient (Wildman–Crippen LogP) is 5.95. The monoisotopic (exact) mass is 424 g/mol. The molecule has 8 fully saturated rings. The van der Waals surface area contributed by atoms with Crippen LogP contribution in [0.1, 0.15) is 83.1 Å². The molecule has 0 saturated heterocycles. The van der Waals surface area contributed by atoms with Crippen molar-refractivity contribution in [2.45, 2.75) is 95.1 Å². The van der Waals surface area contributed by atoms with Crippen molar-refractivity contribution < 1.29 is 5.32 Å². The van der Waals surface area contributed by atoms with Gasteiger partial charge >= 0.3 is 0 Å². The SMILES string of the molecule is C[C@@H]([NH2+]C1C2CC3CC(C2)CC1C3)C12C[C@@H]3C[C@@H](CC(c4ccc(Cl)cc4)(C3)C1)C2. The summed E-state index contributed by atoms with van der Waals surface area (Å²) in [6, 6.07) is 10.8. The van der Waals surface area contributed by atoms with Crippen molar-refractivity contribution >= 4 is 11.6 Å². The zero-order valence-electron chi connectivity index (χ0n) is 18.7. The van der Waals surface area contributed by atoms with Gasteiger partial charge in [0.1, 0.15) is 0 Å². The van der Waals surface area contributed by atoms with Crippen molar-refractivity contribution in [1.29, 1.82) is 0 Å². The normalized spacial score (nSPS) is 51.5. The molecule has 8 bridgehead atoms. The molecule has 8 saturated carbocycles. The third-order valence-corrected chi connectivity index (χ3v) is 11.6. The molecule has 0 aliphatic heterocycles. The molecule has 2 unspecified atom stereocenters. The highest BCUT2D eigenvalue weighted by atomic mass is 35.5. The lowest BCUT2D eigenvalue weighted by atomic mass is 9.41. The number of halogens is 1. The van der Waals surface area contributed by atoms with Gasteiger partial charge in [-0.1, -0.05) is 23.7 Å². The standard InChI is InChI=1S/C28H38ClN/c1-17(30-26-22-8-18-6-19(10-22)11-23(26)9-18)27-12-20-7-21(13-27)15-28(14-20,16-27)24-2-4-25(29)5-3-24/h2-5,17-23,26,30H,6-16H2,1H3/p+1/t17-,18?,19?,20-,21+,22?,23?,26?,27?,28?/m1/s1. The van der Waals surface area contributed by atoms with Gasteiger partial charge < -0.3 is 5.32 Å². The van der Waals surface area contributed by atoms with E-state index in [0.717, 1.165) is 52.6 Å². The van der Waals surface area contributed by atoms with Crippen LogP contribution in [0.25, 0.3) is 0 Å². The van der Waals surface area contributed by atoms with Gasteiger partial charge in [-0.15, -0.1) is 0 Å². The molecule has 5 atom stereocenters. The van der Waals surface area contributed by atoms with E-state index in [1.165, 1.54) is 38.5 Å². The predicted molar refractivity (Wildman–Crippen MR) is 122 cm³/mol. The number of hydrogen-bond acceptors (Lipinski definition) is 0. The summed E-state index contributed by atoms with van der Waals surface area (Å²) >= 11 is 6.26. The van der Waals surface area contributed by atoms with E-state index < -0.39 is 0 Å². The van der Waals surface area contributed by atoms with Gasteiger partial charge in [-0.25, -0.2) is 0 Å². The summed E-state index contributed by atoms with van der Waals surface area (Å²) in [7, 11) is 0. The highest BCUT2D eigenvalue weighted by molar-refractivity contribution is 6.30. The lowest BCUT2D eigenvalue weighted by Crippen LogP contribution is -3.00. The van der Waals surface area contributed by atoms with E-state index >= 15 is 0 Å². The Labute approximate surface area is 187 Å². The first kappa shape index (κ1) is 19.0. The smallest absolute Gasteiger partial charge is 0.0918 e. The Kier molecular flexibility index (Phi) is 4.12. The largest absolute Gasteiger partial charge is 0.341 e. The van der Waals surface area contributed by atoms with E-state index in [1.807, 2.05) is 0 Å². The lowest BCUT2D eigenvalue weighted by molar-refractivity contribution is -0.749. The average molecular weight is 425 g/mol. The molecule has 0 amide bonds. The molecule has 30 heavy (non-hydrogen) atoms. The second-order valence-electron chi connectivity index (χ2n) is 13.1. The molecule has 2 heteroatoms. The van der Waals surface area contributed by atoms with Gasteiger partial charge in [0.15, 0.2) is 0 Å². The number of nitrogens with two attached hydrogens (primary N) is 1. The molecule has 0 heterocycles. The Morgan fingerprint density at radius 1 is 0.800 bits per heavy atom. The fraction of sp³-hybridized carbons (Fsp3) is 0.786. The van der Waals surface area contributed by atoms with E-state index in [0.29, 0.717) is 10.8 Å². The van der Waals surface area contributed by atoms with Gasteiger partial charge in [0.2, 0.25) is 0 Å². The van der Waals surface area contributed by atoms with Crippen LogP contribution in [0.3, 0.4) is 0 Å². The van der Waals surface area contributed by atoms with Gasteiger partial charge in [-0.05, 0) is 124 Å². The summed E-state index contributed by atoms with van der Waals surface area (Å²) in [6.45, 7) is 2.65. The Bertz CT molecular complexity index is 786. The van der Waals surface area contributed by atoms with Gasteiger partial charge in [0, 0.05) is 22.3 Å². The summed E-state index contributed by atoms with van der Waals surface area (Å²) in [5.41, 5.74) is 2.63. The molecule has 8 aliphatic carbocycles. The maximum absolute atomic E-state index is 6.26. The number of benzene rings is 1. The van der Waals surface area contributed by atoms with E-state index in [2.05, 4.69) is 36.5 Å². The molecule has 2 N–H and O–H groups in total. The van der Waals surface area contributed by atoms with Crippen molar-refractivity contribution in [3.8, 4) is 0 Å². The third-order valence-electron chi connectivity index (χ3n) is 11.3. The topological polar surface area (TPSA) is 16.6 Å². The van der Waals surface area contributed by atoms with E-state index in [-0.39, 0.29) is 0 Å². The summed E-state index contributed by atoms with van der Waals surface area (Å²) in [5, 5.41) is 3.86. The summed E-state index contributed by atoms with van der Waals surface area (Å²) in [5.74, 6) is 6.22. The van der Waals surface area contributed by atoms with Crippen LogP contribution in [0, 0.1) is 40.9 Å². The lowest BCUT2D eigenvalue weighted by Gasteiger charge is -2.64. The number of rotatable bonds is 4. The van der Waals surface area contributed by atoms with Gasteiger partial charge in [0.05, 0.1) is 12.1 Å². The van der Waals surface area contributed by atoms with Crippen LogP contribution >= 0.6 is 11.6 Å². The van der Waals surface area contributed by atoms with Crippen LogP contribution in [0.15, 0.2) is 24.3 Å². The van der Waals surface area contributed by atoms with E-state index in [4.69, 9.17) is 11.6 Å². The molecule has 1 nitrogen and oxygen atoms in total. The highest BCUT2D eigenvalue weighted by Gasteiger charge is 2.61. The minimum atomic E-state index is 0.445. The van der Waals surface area contributed by atoms with Crippen LogP contribution < -0.4 is 5.32 Å². The molecule has 1 aromatic rings. The molecular weight excluding hydrogens is 386 g/mol. The van der Waals surface area contributed by atoms with Crippen LogP contribution in [-0.2, 0) is 5.41 Å². The van der Waals surface area contributed by atoms with Crippen molar-refractivity contribution in [3.63, 3.8) is 0 Å². The molecule has 0 spiro atoms. The maximum Gasteiger partial charge on any atom is 0.0918 e. The van der Waals surface area contributed by atoms with Crippen molar-refractivity contribution in [1.82, 2.24) is 0 Å². The molecule has 162 valence electrons. The van der Waals surface area contributed by atoms with E-state index in [9.17, 15) is 0 Å². The molecule has 0 aromatic heterocycles. The van der Waals surface area contributed by atoms with Crippen molar-refractivity contribution in [3.05, 3.63) is 34.9 Å². The van der Waals surface area contributed by atoms with Crippen LogP contribution in [-0.4, -0.2) is 12.1 Å². The summed E-state index contributed by atoms with van der Waals surface area (Å²) in [4.78, 5) is 0. The van der Waals surface area contributed by atoms with Crippen molar-refractivity contribution in [2.24, 2.45) is 40.9 Å². The van der Waals surface area contributed by atoms with Gasteiger partial charge in [-0.3, -0.25) is 0 Å². The molecule has 1 aromatic carbocycles. The molecule has 0 radical (unpaired) electrons. The van der Waals surface area contributed by atoms with Gasteiger partial charge in [0.25, 0.3) is 0 Å². The minimum Gasteiger partial charge on any atom is -0.341 e. The molecule has 8 aliphatic rings. The van der Waals surface area contributed by atoms with Crippen LogP contribution in [0.4, 0.5) is 0 Å².